The molecule has 0 bridgehead atoms. The summed E-state index contributed by atoms with van der Waals surface area (Å²) >= 11 is 0. The number of fused-ring (bicyclic) bond motifs is 1. The summed E-state index contributed by atoms with van der Waals surface area (Å²) < 4.78 is 16.1. The lowest BCUT2D eigenvalue weighted by atomic mass is 10.1. The smallest absolute Gasteiger partial charge is 0.286 e. The first kappa shape index (κ1) is 23.5. The molecule has 0 unspecified atom stereocenters. The lowest BCUT2D eigenvalue weighted by Crippen LogP contribution is -2.38. The number of amides is 2. The molecule has 0 saturated carbocycles. The average Bonchev–Trinajstić information content (AvgIpc) is 2.86. The first-order chi connectivity index (χ1) is 16.5. The van der Waals surface area contributed by atoms with Crippen molar-refractivity contribution in [3.05, 3.63) is 57.6 Å². The summed E-state index contributed by atoms with van der Waals surface area (Å²) in [4.78, 5) is 38.1. The van der Waals surface area contributed by atoms with Crippen LogP contribution in [-0.2, 0) is 16.1 Å². The van der Waals surface area contributed by atoms with Gasteiger partial charge in [0.1, 0.15) is 18.8 Å². The quantitative estimate of drug-likeness (QED) is 0.442. The Labute approximate surface area is 196 Å². The molecule has 2 aromatic carbocycles. The van der Waals surface area contributed by atoms with Gasteiger partial charge in [0, 0.05) is 44.4 Å². The third-order valence-electron chi connectivity index (χ3n) is 5.52. The van der Waals surface area contributed by atoms with E-state index < -0.39 is 10.8 Å². The van der Waals surface area contributed by atoms with Crippen LogP contribution in [0.3, 0.4) is 0 Å². The highest BCUT2D eigenvalue weighted by Crippen LogP contribution is 2.36. The Balaban J connectivity index is 1.35. The van der Waals surface area contributed by atoms with E-state index in [4.69, 9.17) is 14.2 Å². The van der Waals surface area contributed by atoms with Crippen molar-refractivity contribution in [3.8, 4) is 11.5 Å². The van der Waals surface area contributed by atoms with Crippen molar-refractivity contribution in [2.75, 3.05) is 51.4 Å². The fraction of sp³-hybridized carbons (Fsp3) is 0.391. The van der Waals surface area contributed by atoms with E-state index in [9.17, 15) is 19.7 Å². The van der Waals surface area contributed by atoms with E-state index in [0.29, 0.717) is 44.2 Å². The summed E-state index contributed by atoms with van der Waals surface area (Å²) in [5, 5.41) is 17.0. The predicted octanol–water partition coefficient (Wildman–Crippen LogP) is 1.96. The standard InChI is InChI=1S/C23H26N4O7/c28-22(4-5-26-6-8-32-9-7-26)25-17-3-1-2-16(12-17)15-24-23(29)18-13-20-21(34-11-10-33-20)14-19(18)27(30)31/h1-3,12-14H,4-11,15H2,(H,24,29)(H,25,28). The van der Waals surface area contributed by atoms with Crippen LogP contribution in [-0.4, -0.2) is 67.7 Å². The van der Waals surface area contributed by atoms with Gasteiger partial charge in [-0.1, -0.05) is 12.1 Å². The second-order valence-electron chi connectivity index (χ2n) is 7.91. The van der Waals surface area contributed by atoms with Crippen LogP contribution < -0.4 is 20.1 Å². The maximum absolute atomic E-state index is 12.7. The molecule has 0 aromatic heterocycles. The fourth-order valence-corrected chi connectivity index (χ4v) is 3.76. The van der Waals surface area contributed by atoms with Crippen LogP contribution >= 0.6 is 0 Å². The molecule has 4 rings (SSSR count). The van der Waals surface area contributed by atoms with E-state index in [-0.39, 0.29) is 36.1 Å². The maximum Gasteiger partial charge on any atom is 0.286 e. The SMILES string of the molecule is O=C(CCN1CCOCC1)Nc1cccc(CNC(=O)c2cc3c(cc2[N+](=O)[O-])OCCO3)c1. The number of benzene rings is 2. The van der Waals surface area contributed by atoms with E-state index in [1.165, 1.54) is 12.1 Å². The van der Waals surface area contributed by atoms with Gasteiger partial charge in [0.2, 0.25) is 5.91 Å². The molecule has 1 saturated heterocycles. The molecule has 0 radical (unpaired) electrons. The highest BCUT2D eigenvalue weighted by Gasteiger charge is 2.26. The molecule has 11 nitrogen and oxygen atoms in total. The second kappa shape index (κ2) is 10.9. The van der Waals surface area contributed by atoms with Crippen molar-refractivity contribution in [1.82, 2.24) is 10.2 Å². The summed E-state index contributed by atoms with van der Waals surface area (Å²) in [6, 6.07) is 9.62. The number of nitro benzene ring substituents is 1. The van der Waals surface area contributed by atoms with Gasteiger partial charge in [-0.3, -0.25) is 24.6 Å². The van der Waals surface area contributed by atoms with E-state index >= 15 is 0 Å². The third-order valence-corrected chi connectivity index (χ3v) is 5.52. The lowest BCUT2D eigenvalue weighted by Gasteiger charge is -2.26. The molecule has 34 heavy (non-hydrogen) atoms. The number of carbonyl (C=O) groups is 2. The van der Waals surface area contributed by atoms with Gasteiger partial charge < -0.3 is 24.8 Å². The van der Waals surface area contributed by atoms with Gasteiger partial charge in [-0.05, 0) is 17.7 Å². The number of nitrogens with one attached hydrogen (secondary N) is 2. The van der Waals surface area contributed by atoms with Crippen molar-refractivity contribution in [2.45, 2.75) is 13.0 Å². The summed E-state index contributed by atoms with van der Waals surface area (Å²) in [5.41, 5.74) is 0.883. The number of ether oxygens (including phenoxy) is 3. The molecule has 0 spiro atoms. The van der Waals surface area contributed by atoms with Crippen LogP contribution in [0.1, 0.15) is 22.3 Å². The van der Waals surface area contributed by atoms with Crippen molar-refractivity contribution in [1.29, 1.82) is 0 Å². The monoisotopic (exact) mass is 470 g/mol. The van der Waals surface area contributed by atoms with Crippen LogP contribution in [0.5, 0.6) is 11.5 Å². The number of hydrogen-bond acceptors (Lipinski definition) is 8. The molecule has 2 amide bonds. The van der Waals surface area contributed by atoms with Gasteiger partial charge in [-0.25, -0.2) is 0 Å². The van der Waals surface area contributed by atoms with Gasteiger partial charge in [0.25, 0.3) is 11.6 Å². The molecule has 0 aliphatic carbocycles. The molecule has 2 aromatic rings. The summed E-state index contributed by atoms with van der Waals surface area (Å²) in [5.74, 6) is -0.168. The number of hydrogen-bond donors (Lipinski definition) is 2. The normalized spacial score (nSPS) is 15.4. The molecule has 2 N–H and O–H groups in total. The van der Waals surface area contributed by atoms with Crippen LogP contribution in [0, 0.1) is 10.1 Å². The van der Waals surface area contributed by atoms with Gasteiger partial charge in [-0.15, -0.1) is 0 Å². The lowest BCUT2D eigenvalue weighted by molar-refractivity contribution is -0.385. The molecule has 2 aliphatic heterocycles. The highest BCUT2D eigenvalue weighted by molar-refractivity contribution is 5.99. The molecule has 0 atom stereocenters. The van der Waals surface area contributed by atoms with Crippen LogP contribution in [0.4, 0.5) is 11.4 Å². The molecular formula is C23H26N4O7. The van der Waals surface area contributed by atoms with Crippen LogP contribution in [0.25, 0.3) is 0 Å². The van der Waals surface area contributed by atoms with Crippen LogP contribution in [0.15, 0.2) is 36.4 Å². The summed E-state index contributed by atoms with van der Waals surface area (Å²) in [7, 11) is 0. The Morgan fingerprint density at radius 3 is 2.50 bits per heavy atom. The zero-order valence-corrected chi connectivity index (χ0v) is 18.6. The van der Waals surface area contributed by atoms with Gasteiger partial charge in [0.15, 0.2) is 11.5 Å². The number of nitrogens with zero attached hydrogens (tertiary/aromatic N) is 2. The third kappa shape index (κ3) is 6.00. The Morgan fingerprint density at radius 1 is 1.03 bits per heavy atom. The zero-order valence-electron chi connectivity index (χ0n) is 18.6. The first-order valence-corrected chi connectivity index (χ1v) is 11.0. The van der Waals surface area contributed by atoms with E-state index in [1.54, 1.807) is 24.3 Å². The Kier molecular flexibility index (Phi) is 7.55. The number of morpholine rings is 1. The largest absolute Gasteiger partial charge is 0.486 e. The minimum Gasteiger partial charge on any atom is -0.486 e. The number of rotatable bonds is 8. The number of carbonyl (C=O) groups excluding carboxylic acids is 2. The van der Waals surface area contributed by atoms with E-state index in [2.05, 4.69) is 15.5 Å². The predicted molar refractivity (Wildman–Crippen MR) is 122 cm³/mol. The fourth-order valence-electron chi connectivity index (χ4n) is 3.76. The average molecular weight is 470 g/mol. The molecule has 2 aliphatic rings. The zero-order chi connectivity index (χ0) is 23.9. The molecule has 180 valence electrons. The molecule has 1 fully saturated rings. The van der Waals surface area contributed by atoms with Gasteiger partial charge in [-0.2, -0.15) is 0 Å². The van der Waals surface area contributed by atoms with Gasteiger partial charge >= 0.3 is 0 Å². The number of nitro groups is 1. The van der Waals surface area contributed by atoms with E-state index in [1.807, 2.05) is 0 Å². The van der Waals surface area contributed by atoms with Crippen molar-refractivity contribution in [3.63, 3.8) is 0 Å². The van der Waals surface area contributed by atoms with Crippen molar-refractivity contribution < 1.29 is 28.7 Å². The minimum absolute atomic E-state index is 0.0976. The van der Waals surface area contributed by atoms with Crippen molar-refractivity contribution >= 4 is 23.2 Å². The summed E-state index contributed by atoms with van der Waals surface area (Å²) in [6.07, 6.45) is 0.370. The summed E-state index contributed by atoms with van der Waals surface area (Å²) in [6.45, 7) is 4.40. The van der Waals surface area contributed by atoms with Crippen molar-refractivity contribution in [2.24, 2.45) is 0 Å². The van der Waals surface area contributed by atoms with Gasteiger partial charge in [0.05, 0.1) is 24.2 Å². The first-order valence-electron chi connectivity index (χ1n) is 11.0. The topological polar surface area (TPSA) is 132 Å². The maximum atomic E-state index is 12.7. The molecule has 11 heteroatoms. The second-order valence-corrected chi connectivity index (χ2v) is 7.91. The molecular weight excluding hydrogens is 444 g/mol. The van der Waals surface area contributed by atoms with Crippen LogP contribution in [0.2, 0.25) is 0 Å². The highest BCUT2D eigenvalue weighted by atomic mass is 16.6. The molecule has 2 heterocycles. The van der Waals surface area contributed by atoms with E-state index in [0.717, 1.165) is 18.7 Å². The minimum atomic E-state index is -0.625. The Hall–Kier alpha value is -3.70. The Morgan fingerprint density at radius 2 is 1.76 bits per heavy atom. The Bertz CT molecular complexity index is 1070. The number of anilines is 1.